The van der Waals surface area contributed by atoms with Gasteiger partial charge in [-0.1, -0.05) is 60.7 Å². The van der Waals surface area contributed by atoms with Crippen molar-refractivity contribution in [3.05, 3.63) is 71.8 Å². The van der Waals surface area contributed by atoms with Gasteiger partial charge in [-0.05, 0) is 11.1 Å². The zero-order valence-electron chi connectivity index (χ0n) is 9.43. The van der Waals surface area contributed by atoms with E-state index in [0.717, 1.165) is 0 Å². The monoisotopic (exact) mass is 225 g/mol. The van der Waals surface area contributed by atoms with Crippen LogP contribution in [-0.4, -0.2) is 0 Å². The second-order valence-electron chi connectivity index (χ2n) is 4.14. The molecule has 1 saturated heterocycles. The minimum atomic E-state index is 0.154. The van der Waals surface area contributed by atoms with Crippen molar-refractivity contribution >= 4 is 0 Å². The highest BCUT2D eigenvalue weighted by atomic mass is 15.5. The van der Waals surface area contributed by atoms with Gasteiger partial charge in [0.05, 0.1) is 12.3 Å². The zero-order valence-corrected chi connectivity index (χ0v) is 9.43. The standard InChI is InChI=1S/C14H15N3/c1-3-7-11(8-4-1)13-15-14(17-16-13)12-9-5-2-6-10-12/h1-10,13-17H. The molecule has 0 bridgehead atoms. The van der Waals surface area contributed by atoms with Crippen LogP contribution in [-0.2, 0) is 0 Å². The van der Waals surface area contributed by atoms with Crippen LogP contribution in [0.4, 0.5) is 0 Å². The average Bonchev–Trinajstić information content (AvgIpc) is 2.90. The summed E-state index contributed by atoms with van der Waals surface area (Å²) in [5.41, 5.74) is 8.99. The van der Waals surface area contributed by atoms with Crippen molar-refractivity contribution < 1.29 is 0 Å². The molecule has 3 heteroatoms. The highest BCUT2D eigenvalue weighted by Crippen LogP contribution is 2.19. The third kappa shape index (κ3) is 2.22. The molecular weight excluding hydrogens is 210 g/mol. The SMILES string of the molecule is c1ccc(C2NNC(c3ccccc3)N2)cc1. The van der Waals surface area contributed by atoms with Gasteiger partial charge in [-0.3, -0.25) is 5.32 Å². The Labute approximate surface area is 101 Å². The van der Waals surface area contributed by atoms with Gasteiger partial charge < -0.3 is 0 Å². The Morgan fingerprint density at radius 1 is 0.588 bits per heavy atom. The van der Waals surface area contributed by atoms with E-state index < -0.39 is 0 Å². The smallest absolute Gasteiger partial charge is 0.0978 e. The fraction of sp³-hybridized carbons (Fsp3) is 0.143. The molecule has 1 heterocycles. The molecule has 0 amide bonds. The van der Waals surface area contributed by atoms with E-state index in [4.69, 9.17) is 0 Å². The fourth-order valence-corrected chi connectivity index (χ4v) is 2.07. The lowest BCUT2D eigenvalue weighted by molar-refractivity contribution is 0.554. The molecule has 17 heavy (non-hydrogen) atoms. The van der Waals surface area contributed by atoms with Gasteiger partial charge in [0.1, 0.15) is 0 Å². The van der Waals surface area contributed by atoms with E-state index in [-0.39, 0.29) is 12.3 Å². The molecule has 0 spiro atoms. The van der Waals surface area contributed by atoms with E-state index in [1.165, 1.54) is 11.1 Å². The molecular formula is C14H15N3. The van der Waals surface area contributed by atoms with Crippen molar-refractivity contribution in [3.63, 3.8) is 0 Å². The average molecular weight is 225 g/mol. The van der Waals surface area contributed by atoms with Crippen molar-refractivity contribution in [2.24, 2.45) is 0 Å². The van der Waals surface area contributed by atoms with Gasteiger partial charge in [0.2, 0.25) is 0 Å². The zero-order chi connectivity index (χ0) is 11.5. The normalized spacial score (nSPS) is 23.8. The van der Waals surface area contributed by atoms with Crippen molar-refractivity contribution in [2.45, 2.75) is 12.3 Å². The lowest BCUT2D eigenvalue weighted by Gasteiger charge is -2.12. The topological polar surface area (TPSA) is 36.1 Å². The first-order valence-corrected chi connectivity index (χ1v) is 5.80. The molecule has 2 unspecified atom stereocenters. The Balaban J connectivity index is 1.75. The Morgan fingerprint density at radius 2 is 1.00 bits per heavy atom. The van der Waals surface area contributed by atoms with Gasteiger partial charge in [-0.2, -0.15) is 0 Å². The van der Waals surface area contributed by atoms with Crippen LogP contribution < -0.4 is 16.2 Å². The summed E-state index contributed by atoms with van der Waals surface area (Å²) in [7, 11) is 0. The van der Waals surface area contributed by atoms with Crippen LogP contribution in [0.1, 0.15) is 23.5 Å². The lowest BCUT2D eigenvalue weighted by atomic mass is 10.1. The van der Waals surface area contributed by atoms with E-state index in [1.54, 1.807) is 0 Å². The summed E-state index contributed by atoms with van der Waals surface area (Å²) in [4.78, 5) is 0. The predicted octanol–water partition coefficient (Wildman–Crippen LogP) is 2.08. The summed E-state index contributed by atoms with van der Waals surface area (Å²) in [6.45, 7) is 0. The van der Waals surface area contributed by atoms with Gasteiger partial charge in [-0.15, -0.1) is 0 Å². The van der Waals surface area contributed by atoms with Crippen molar-refractivity contribution in [3.8, 4) is 0 Å². The summed E-state index contributed by atoms with van der Waals surface area (Å²) in [6.07, 6.45) is 0.308. The number of hydrogen-bond donors (Lipinski definition) is 3. The number of hydrazine groups is 1. The molecule has 3 N–H and O–H groups in total. The first-order valence-electron chi connectivity index (χ1n) is 5.80. The Morgan fingerprint density at radius 3 is 1.41 bits per heavy atom. The molecule has 2 atom stereocenters. The number of nitrogens with one attached hydrogen (secondary N) is 3. The Bertz CT molecular complexity index is 424. The third-order valence-electron chi connectivity index (χ3n) is 2.97. The highest BCUT2D eigenvalue weighted by Gasteiger charge is 2.24. The largest absolute Gasteiger partial charge is 0.277 e. The van der Waals surface area contributed by atoms with Crippen molar-refractivity contribution in [1.82, 2.24) is 16.2 Å². The van der Waals surface area contributed by atoms with Crippen LogP contribution in [0.25, 0.3) is 0 Å². The molecule has 0 aromatic heterocycles. The number of rotatable bonds is 2. The van der Waals surface area contributed by atoms with Gasteiger partial charge in [0.25, 0.3) is 0 Å². The predicted molar refractivity (Wildman–Crippen MR) is 67.8 cm³/mol. The first kappa shape index (κ1) is 10.5. The highest BCUT2D eigenvalue weighted by molar-refractivity contribution is 5.23. The second-order valence-corrected chi connectivity index (χ2v) is 4.14. The van der Waals surface area contributed by atoms with Crippen LogP contribution in [0, 0.1) is 0 Å². The lowest BCUT2D eigenvalue weighted by Crippen LogP contribution is -2.26. The summed E-state index contributed by atoms with van der Waals surface area (Å²) in [6, 6.07) is 20.7. The van der Waals surface area contributed by atoms with Gasteiger partial charge in [0.15, 0.2) is 0 Å². The minimum Gasteiger partial charge on any atom is -0.277 e. The van der Waals surface area contributed by atoms with Crippen LogP contribution in [0.5, 0.6) is 0 Å². The Kier molecular flexibility index (Phi) is 2.88. The molecule has 0 radical (unpaired) electrons. The van der Waals surface area contributed by atoms with Gasteiger partial charge >= 0.3 is 0 Å². The summed E-state index contributed by atoms with van der Waals surface area (Å²) >= 11 is 0. The quantitative estimate of drug-likeness (QED) is 0.732. The summed E-state index contributed by atoms with van der Waals surface area (Å²) in [5, 5.41) is 3.50. The van der Waals surface area contributed by atoms with Crippen molar-refractivity contribution in [1.29, 1.82) is 0 Å². The second kappa shape index (κ2) is 4.67. The maximum atomic E-state index is 3.50. The molecule has 3 rings (SSSR count). The maximum Gasteiger partial charge on any atom is 0.0978 e. The molecule has 1 fully saturated rings. The van der Waals surface area contributed by atoms with E-state index >= 15 is 0 Å². The summed E-state index contributed by atoms with van der Waals surface area (Å²) in [5.74, 6) is 0. The van der Waals surface area contributed by atoms with E-state index in [2.05, 4.69) is 64.7 Å². The molecule has 86 valence electrons. The molecule has 3 nitrogen and oxygen atoms in total. The fourth-order valence-electron chi connectivity index (χ4n) is 2.07. The van der Waals surface area contributed by atoms with Gasteiger partial charge in [0, 0.05) is 0 Å². The van der Waals surface area contributed by atoms with E-state index in [1.807, 2.05) is 12.1 Å². The molecule has 2 aromatic carbocycles. The van der Waals surface area contributed by atoms with E-state index in [0.29, 0.717) is 0 Å². The summed E-state index contributed by atoms with van der Waals surface area (Å²) < 4.78 is 0. The molecule has 2 aromatic rings. The molecule has 1 aliphatic rings. The minimum absolute atomic E-state index is 0.154. The molecule has 0 saturated carbocycles. The Hall–Kier alpha value is -1.68. The maximum absolute atomic E-state index is 3.50. The number of hydrogen-bond acceptors (Lipinski definition) is 3. The van der Waals surface area contributed by atoms with Crippen LogP contribution in [0.2, 0.25) is 0 Å². The van der Waals surface area contributed by atoms with E-state index in [9.17, 15) is 0 Å². The first-order chi connectivity index (χ1) is 8.43. The third-order valence-corrected chi connectivity index (χ3v) is 2.97. The van der Waals surface area contributed by atoms with Crippen LogP contribution >= 0.6 is 0 Å². The molecule has 0 aliphatic carbocycles. The van der Waals surface area contributed by atoms with Crippen molar-refractivity contribution in [2.75, 3.05) is 0 Å². The molecule has 1 aliphatic heterocycles. The van der Waals surface area contributed by atoms with Gasteiger partial charge in [-0.25, -0.2) is 10.9 Å². The van der Waals surface area contributed by atoms with Crippen LogP contribution in [0.3, 0.4) is 0 Å². The number of benzene rings is 2. The van der Waals surface area contributed by atoms with Crippen LogP contribution in [0.15, 0.2) is 60.7 Å².